The number of phenolic OH excluding ortho intramolecular Hbond substituents is 1. The highest BCUT2D eigenvalue weighted by Crippen LogP contribution is 2.33. The molecule has 1 atom stereocenters. The highest BCUT2D eigenvalue weighted by molar-refractivity contribution is 7.16. The van der Waals surface area contributed by atoms with Crippen LogP contribution in [0.3, 0.4) is 0 Å². The van der Waals surface area contributed by atoms with Crippen LogP contribution in [0.5, 0.6) is 11.5 Å². The van der Waals surface area contributed by atoms with Crippen molar-refractivity contribution in [2.24, 2.45) is 0 Å². The first kappa shape index (κ1) is 31.7. The first-order chi connectivity index (χ1) is 21.7. The topological polar surface area (TPSA) is 127 Å². The average Bonchev–Trinajstić information content (AvgIpc) is 3.59. The highest BCUT2D eigenvalue weighted by Gasteiger charge is 2.41. The summed E-state index contributed by atoms with van der Waals surface area (Å²) in [5.41, 5.74) is 2.59. The van der Waals surface area contributed by atoms with E-state index < -0.39 is 6.10 Å². The molecule has 1 spiro atoms. The van der Waals surface area contributed by atoms with Gasteiger partial charge in [-0.25, -0.2) is 0 Å². The van der Waals surface area contributed by atoms with Crippen LogP contribution in [0.1, 0.15) is 50.2 Å². The Hall–Kier alpha value is -3.26. The lowest BCUT2D eigenvalue weighted by Gasteiger charge is -2.47. The predicted molar refractivity (Wildman–Crippen MR) is 177 cm³/mol. The molecule has 0 saturated carbocycles. The first-order valence-electron chi connectivity index (χ1n) is 15.4. The number of nitrogens with zero attached hydrogens (tertiary/aromatic N) is 2. The molecular formula is C33H40N4O6S2. The molecule has 0 aliphatic carbocycles. The van der Waals surface area contributed by atoms with Gasteiger partial charge >= 0.3 is 4.87 Å². The number of likely N-dealkylation sites (tertiary alicyclic amines) is 1. The summed E-state index contributed by atoms with van der Waals surface area (Å²) >= 11 is 2.66. The number of H-pyrrole nitrogens is 1. The molecular weight excluding hydrogens is 613 g/mol. The number of hydrogen-bond donors (Lipinski definition) is 4. The van der Waals surface area contributed by atoms with Gasteiger partial charge in [-0.3, -0.25) is 14.5 Å². The maximum absolute atomic E-state index is 13.2. The van der Waals surface area contributed by atoms with Crippen molar-refractivity contribution >= 4 is 38.8 Å². The van der Waals surface area contributed by atoms with Gasteiger partial charge in [0.25, 0.3) is 5.91 Å². The Morgan fingerprint density at radius 2 is 1.91 bits per heavy atom. The predicted octanol–water partition coefficient (Wildman–Crippen LogP) is 4.18. The van der Waals surface area contributed by atoms with E-state index >= 15 is 0 Å². The minimum atomic E-state index is -0.822. The number of aromatic amines is 1. The number of ether oxygens (including phenoxy) is 2. The number of hydrogen-bond acceptors (Lipinski definition) is 10. The number of phenols is 1. The van der Waals surface area contributed by atoms with Crippen LogP contribution >= 0.6 is 22.7 Å². The summed E-state index contributed by atoms with van der Waals surface area (Å²) in [5, 5.41) is 23.9. The van der Waals surface area contributed by atoms with Gasteiger partial charge in [0.2, 0.25) is 0 Å². The van der Waals surface area contributed by atoms with Gasteiger partial charge < -0.3 is 34.9 Å². The fourth-order valence-corrected chi connectivity index (χ4v) is 8.11. The Balaban J connectivity index is 0.914. The molecule has 1 unspecified atom stereocenters. The molecule has 4 aromatic rings. The summed E-state index contributed by atoms with van der Waals surface area (Å²) in [5.74, 6) is 0.932. The number of morpholine rings is 1. The number of aryl methyl sites for hydroxylation is 2. The van der Waals surface area contributed by atoms with E-state index in [0.717, 1.165) is 65.6 Å². The highest BCUT2D eigenvalue weighted by atomic mass is 32.1. The molecule has 2 aromatic carbocycles. The molecule has 0 radical (unpaired) electrons. The van der Waals surface area contributed by atoms with Crippen molar-refractivity contribution in [3.63, 3.8) is 0 Å². The van der Waals surface area contributed by atoms with Crippen LogP contribution in [0.2, 0.25) is 0 Å². The number of amides is 1. The Morgan fingerprint density at radius 3 is 2.64 bits per heavy atom. The molecule has 12 heteroatoms. The molecule has 4 N–H and O–H groups in total. The number of aromatic hydroxyl groups is 1. The van der Waals surface area contributed by atoms with Crippen LogP contribution in [0, 0.1) is 13.8 Å². The quantitative estimate of drug-likeness (QED) is 0.201. The molecule has 6 rings (SSSR count). The number of thiazole rings is 1. The standard InChI is InChI=1S/C33H40N4O6S2/c1-21-17-26(22(2)44-21)31(40)37-14-16-43-33(20-37)9-11-36(12-10-33)13-15-42-24-5-3-23(4-6-24)18-34-19-28(39)25-7-8-27(38)29-30(25)45-32(41)35-29/h3-8,17,28,34,38-39H,9-16,18-20H2,1-2H3,(H,35,41). The lowest BCUT2D eigenvalue weighted by atomic mass is 9.89. The third kappa shape index (κ3) is 7.26. The smallest absolute Gasteiger partial charge is 0.305 e. The minimum Gasteiger partial charge on any atom is -0.506 e. The van der Waals surface area contributed by atoms with Gasteiger partial charge in [-0.1, -0.05) is 29.5 Å². The van der Waals surface area contributed by atoms with Crippen molar-refractivity contribution in [1.29, 1.82) is 0 Å². The van der Waals surface area contributed by atoms with E-state index in [9.17, 15) is 19.8 Å². The molecule has 2 aliphatic heterocycles. The number of carbonyl (C=O) groups excluding carboxylic acids is 1. The van der Waals surface area contributed by atoms with Gasteiger partial charge in [0.1, 0.15) is 23.6 Å². The Labute approximate surface area is 270 Å². The Morgan fingerprint density at radius 1 is 1.13 bits per heavy atom. The average molecular weight is 653 g/mol. The van der Waals surface area contributed by atoms with Gasteiger partial charge in [0, 0.05) is 54.6 Å². The van der Waals surface area contributed by atoms with Crippen molar-refractivity contribution in [3.05, 3.63) is 78.6 Å². The molecule has 45 heavy (non-hydrogen) atoms. The molecule has 2 fully saturated rings. The lowest BCUT2D eigenvalue weighted by Crippen LogP contribution is -2.58. The van der Waals surface area contributed by atoms with Crippen LogP contribution in [-0.2, 0) is 11.3 Å². The van der Waals surface area contributed by atoms with Crippen molar-refractivity contribution < 1.29 is 24.5 Å². The van der Waals surface area contributed by atoms with E-state index in [1.807, 2.05) is 49.1 Å². The number of aliphatic hydroxyl groups excluding tert-OH is 1. The van der Waals surface area contributed by atoms with E-state index in [1.54, 1.807) is 17.4 Å². The summed E-state index contributed by atoms with van der Waals surface area (Å²) in [6.45, 7) is 10.1. The van der Waals surface area contributed by atoms with E-state index in [0.29, 0.717) is 55.2 Å². The van der Waals surface area contributed by atoms with Gasteiger partial charge in [0.15, 0.2) is 0 Å². The number of fused-ring (bicyclic) bond motifs is 1. The van der Waals surface area contributed by atoms with Gasteiger partial charge in [-0.15, -0.1) is 11.3 Å². The van der Waals surface area contributed by atoms with Crippen LogP contribution < -0.4 is 14.9 Å². The zero-order valence-electron chi connectivity index (χ0n) is 25.6. The number of carbonyl (C=O) groups is 1. The summed E-state index contributed by atoms with van der Waals surface area (Å²) < 4.78 is 12.9. The van der Waals surface area contributed by atoms with Crippen LogP contribution in [0.25, 0.3) is 10.2 Å². The van der Waals surface area contributed by atoms with Crippen LogP contribution in [0.4, 0.5) is 0 Å². The van der Waals surface area contributed by atoms with Gasteiger partial charge in [-0.2, -0.15) is 0 Å². The van der Waals surface area contributed by atoms with Gasteiger partial charge in [0.05, 0.1) is 35.1 Å². The van der Waals surface area contributed by atoms with E-state index in [2.05, 4.69) is 15.2 Å². The summed E-state index contributed by atoms with van der Waals surface area (Å²) in [4.78, 5) is 34.0. The summed E-state index contributed by atoms with van der Waals surface area (Å²) in [6, 6.07) is 13.1. The third-order valence-corrected chi connectivity index (χ3v) is 10.7. The third-order valence-electron chi connectivity index (χ3n) is 8.79. The normalized spacial score (nSPS) is 17.6. The summed E-state index contributed by atoms with van der Waals surface area (Å²) in [7, 11) is 0. The SMILES string of the molecule is Cc1cc(C(=O)N2CCOC3(CCN(CCOc4ccc(CNCC(O)c5ccc(O)c6[nH]c(=O)sc56)cc4)CC3)C2)c(C)s1. The first-order valence-corrected chi connectivity index (χ1v) is 17.0. The number of aliphatic hydroxyl groups is 1. The maximum atomic E-state index is 13.2. The largest absolute Gasteiger partial charge is 0.506 e. The maximum Gasteiger partial charge on any atom is 0.305 e. The Kier molecular flexibility index (Phi) is 9.60. The van der Waals surface area contributed by atoms with E-state index in [1.165, 1.54) is 10.9 Å². The molecule has 2 saturated heterocycles. The lowest BCUT2D eigenvalue weighted by molar-refractivity contribution is -0.127. The monoisotopic (exact) mass is 652 g/mol. The van der Waals surface area contributed by atoms with E-state index in [-0.39, 0.29) is 22.1 Å². The molecule has 2 aromatic heterocycles. The second kappa shape index (κ2) is 13.6. The fourth-order valence-electron chi connectivity index (χ4n) is 6.28. The molecule has 10 nitrogen and oxygen atoms in total. The van der Waals surface area contributed by atoms with Crippen molar-refractivity contribution in [2.75, 3.05) is 52.5 Å². The van der Waals surface area contributed by atoms with Crippen molar-refractivity contribution in [3.8, 4) is 11.5 Å². The molecule has 240 valence electrons. The number of piperidine rings is 1. The number of benzene rings is 2. The number of nitrogens with one attached hydrogen (secondary N) is 2. The summed E-state index contributed by atoms with van der Waals surface area (Å²) in [6.07, 6.45) is 0.980. The molecule has 1 amide bonds. The number of thiophene rings is 1. The van der Waals surface area contributed by atoms with Crippen LogP contribution in [-0.4, -0.2) is 89.0 Å². The van der Waals surface area contributed by atoms with Crippen LogP contribution in [0.15, 0.2) is 47.3 Å². The number of rotatable bonds is 10. The van der Waals surface area contributed by atoms with Crippen molar-refractivity contribution in [1.82, 2.24) is 20.1 Å². The van der Waals surface area contributed by atoms with E-state index in [4.69, 9.17) is 9.47 Å². The Bertz CT molecular complexity index is 1690. The second-order valence-corrected chi connectivity index (χ2v) is 14.4. The van der Waals surface area contributed by atoms with Crippen molar-refractivity contribution in [2.45, 2.75) is 44.9 Å². The molecule has 0 bridgehead atoms. The molecule has 4 heterocycles. The minimum absolute atomic E-state index is 0.00574. The second-order valence-electron chi connectivity index (χ2n) is 12.0. The number of aromatic nitrogens is 1. The zero-order chi connectivity index (χ0) is 31.6. The molecule has 2 aliphatic rings. The fraction of sp³-hybridized carbons (Fsp3) is 0.455. The zero-order valence-corrected chi connectivity index (χ0v) is 27.3. The van der Waals surface area contributed by atoms with Gasteiger partial charge in [-0.05, 0) is 56.5 Å².